The number of hydrogen-bond acceptors (Lipinski definition) is 4. The summed E-state index contributed by atoms with van der Waals surface area (Å²) in [7, 11) is 0. The Morgan fingerprint density at radius 1 is 1.21 bits per heavy atom. The molecule has 98 valence electrons. The van der Waals surface area contributed by atoms with Crippen LogP contribution in [0.25, 0.3) is 0 Å². The monoisotopic (exact) mass is 302 g/mol. The van der Waals surface area contributed by atoms with Gasteiger partial charge in [0.05, 0.1) is 4.92 Å². The molecule has 0 fully saturated rings. The largest absolute Gasteiger partial charge is 0.301 e. The first-order chi connectivity index (χ1) is 8.97. The first-order valence-electron chi connectivity index (χ1n) is 4.91. The molecule has 0 saturated carbocycles. The lowest BCUT2D eigenvalue weighted by molar-refractivity contribution is -0.388. The van der Waals surface area contributed by atoms with Crippen LogP contribution in [0.4, 0.5) is 14.5 Å². The fourth-order valence-corrected chi connectivity index (χ4v) is 2.39. The van der Waals surface area contributed by atoms with Crippen molar-refractivity contribution in [2.45, 2.75) is 9.92 Å². The van der Waals surface area contributed by atoms with E-state index in [0.29, 0.717) is 0 Å². The second kappa shape index (κ2) is 5.50. The summed E-state index contributed by atoms with van der Waals surface area (Å²) in [5, 5.41) is 10.9. The highest BCUT2D eigenvalue weighted by Crippen LogP contribution is 2.34. The van der Waals surface area contributed by atoms with Crippen LogP contribution in [0.5, 0.6) is 0 Å². The zero-order chi connectivity index (χ0) is 14.0. The summed E-state index contributed by atoms with van der Waals surface area (Å²) in [5.41, 5.74) is -0.251. The van der Waals surface area contributed by atoms with E-state index in [0.717, 1.165) is 23.9 Å². The van der Waals surface area contributed by atoms with Gasteiger partial charge >= 0.3 is 5.69 Å². The number of hydrogen-bond donors (Lipinski definition) is 0. The number of aromatic nitrogens is 1. The standard InChI is InChI=1S/C11H5ClF2N2O2S/c12-10-4-3-9(16(17)18)11(15-10)19-6-1-2-7(13)8(14)5-6/h1-5H. The second-order valence-electron chi connectivity index (χ2n) is 3.39. The zero-order valence-corrected chi connectivity index (χ0v) is 10.7. The van der Waals surface area contributed by atoms with Crippen molar-refractivity contribution in [3.05, 3.63) is 57.2 Å². The Morgan fingerprint density at radius 3 is 2.58 bits per heavy atom. The highest BCUT2D eigenvalue weighted by Gasteiger charge is 2.17. The molecule has 0 aliphatic carbocycles. The van der Waals surface area contributed by atoms with Crippen LogP contribution < -0.4 is 0 Å². The average molecular weight is 303 g/mol. The third-order valence-corrected chi connectivity index (χ3v) is 3.30. The number of benzene rings is 1. The minimum atomic E-state index is -1.03. The van der Waals surface area contributed by atoms with Crippen molar-refractivity contribution in [3.8, 4) is 0 Å². The van der Waals surface area contributed by atoms with Gasteiger partial charge in [0, 0.05) is 11.0 Å². The molecule has 0 aliphatic heterocycles. The van der Waals surface area contributed by atoms with E-state index >= 15 is 0 Å². The molecule has 0 spiro atoms. The van der Waals surface area contributed by atoms with Crippen molar-refractivity contribution >= 4 is 29.1 Å². The van der Waals surface area contributed by atoms with Crippen molar-refractivity contribution in [3.63, 3.8) is 0 Å². The minimum Gasteiger partial charge on any atom is -0.258 e. The van der Waals surface area contributed by atoms with Crippen LogP contribution >= 0.6 is 23.4 Å². The Labute approximate surface area is 115 Å². The van der Waals surface area contributed by atoms with Crippen LogP contribution in [0.15, 0.2) is 40.3 Å². The molecule has 1 aromatic carbocycles. The summed E-state index contributed by atoms with van der Waals surface area (Å²) in [6, 6.07) is 5.67. The Kier molecular flexibility index (Phi) is 3.96. The minimum absolute atomic E-state index is 0.0171. The molecule has 4 nitrogen and oxygen atoms in total. The molecule has 0 aliphatic rings. The summed E-state index contributed by atoms with van der Waals surface area (Å²) >= 11 is 6.50. The van der Waals surface area contributed by atoms with Crippen LogP contribution in [0.1, 0.15) is 0 Å². The topological polar surface area (TPSA) is 56.0 Å². The lowest BCUT2D eigenvalue weighted by Crippen LogP contribution is -1.94. The zero-order valence-electron chi connectivity index (χ0n) is 9.14. The fourth-order valence-electron chi connectivity index (χ4n) is 1.28. The third-order valence-electron chi connectivity index (χ3n) is 2.11. The van der Waals surface area contributed by atoms with Crippen LogP contribution in [-0.4, -0.2) is 9.91 Å². The quantitative estimate of drug-likeness (QED) is 0.487. The van der Waals surface area contributed by atoms with Crippen LogP contribution in [-0.2, 0) is 0 Å². The van der Waals surface area contributed by atoms with Gasteiger partial charge in [0.15, 0.2) is 16.7 Å². The van der Waals surface area contributed by atoms with Crippen LogP contribution in [0.2, 0.25) is 5.15 Å². The Balaban J connectivity index is 2.39. The summed E-state index contributed by atoms with van der Waals surface area (Å²) in [6.07, 6.45) is 0. The summed E-state index contributed by atoms with van der Waals surface area (Å²) < 4.78 is 25.8. The predicted molar refractivity (Wildman–Crippen MR) is 66.4 cm³/mol. The SMILES string of the molecule is O=[N+]([O-])c1ccc(Cl)nc1Sc1ccc(F)c(F)c1. The van der Waals surface area contributed by atoms with E-state index < -0.39 is 16.6 Å². The van der Waals surface area contributed by atoms with Gasteiger partial charge in [0.1, 0.15) is 5.15 Å². The van der Waals surface area contributed by atoms with Crippen molar-refractivity contribution in [2.24, 2.45) is 0 Å². The molecule has 0 atom stereocenters. The molecule has 0 N–H and O–H groups in total. The van der Waals surface area contributed by atoms with Crippen molar-refractivity contribution < 1.29 is 13.7 Å². The molecule has 0 saturated heterocycles. The smallest absolute Gasteiger partial charge is 0.258 e. The fraction of sp³-hybridized carbons (Fsp3) is 0. The van der Waals surface area contributed by atoms with Gasteiger partial charge in [0.25, 0.3) is 0 Å². The molecule has 0 radical (unpaired) electrons. The van der Waals surface area contributed by atoms with E-state index in [1.165, 1.54) is 18.2 Å². The van der Waals surface area contributed by atoms with Gasteiger partial charge in [0.2, 0.25) is 0 Å². The maximum Gasteiger partial charge on any atom is 0.301 e. The van der Waals surface area contributed by atoms with Gasteiger partial charge in [-0.15, -0.1) is 0 Å². The molecule has 19 heavy (non-hydrogen) atoms. The highest BCUT2D eigenvalue weighted by molar-refractivity contribution is 7.99. The van der Waals surface area contributed by atoms with Gasteiger partial charge < -0.3 is 0 Å². The molecule has 1 heterocycles. The van der Waals surface area contributed by atoms with Crippen LogP contribution in [0, 0.1) is 21.7 Å². The van der Waals surface area contributed by atoms with E-state index in [4.69, 9.17) is 11.6 Å². The second-order valence-corrected chi connectivity index (χ2v) is 4.84. The van der Waals surface area contributed by atoms with E-state index in [1.54, 1.807) is 0 Å². The van der Waals surface area contributed by atoms with Crippen molar-refractivity contribution in [2.75, 3.05) is 0 Å². The molecule has 2 rings (SSSR count). The van der Waals surface area contributed by atoms with E-state index in [-0.39, 0.29) is 20.8 Å². The summed E-state index contributed by atoms with van der Waals surface area (Å²) in [4.78, 5) is 14.3. The van der Waals surface area contributed by atoms with Gasteiger partial charge in [-0.25, -0.2) is 13.8 Å². The van der Waals surface area contributed by atoms with Gasteiger partial charge in [-0.3, -0.25) is 10.1 Å². The Hall–Kier alpha value is -1.73. The molecule has 8 heteroatoms. The van der Waals surface area contributed by atoms with Gasteiger partial charge in [-0.1, -0.05) is 23.4 Å². The highest BCUT2D eigenvalue weighted by atomic mass is 35.5. The number of pyridine rings is 1. The number of nitro groups is 1. The summed E-state index contributed by atoms with van der Waals surface area (Å²) in [6.45, 7) is 0. The lowest BCUT2D eigenvalue weighted by Gasteiger charge is -2.03. The number of nitrogens with zero attached hydrogens (tertiary/aromatic N) is 2. The molecule has 1 aromatic heterocycles. The molecule has 0 unspecified atom stereocenters. The van der Waals surface area contributed by atoms with Crippen molar-refractivity contribution in [1.29, 1.82) is 0 Å². The maximum atomic E-state index is 13.1. The maximum absolute atomic E-state index is 13.1. The average Bonchev–Trinajstić information content (AvgIpc) is 2.33. The molecular weight excluding hydrogens is 298 g/mol. The molecular formula is C11H5ClF2N2O2S. The molecule has 0 amide bonds. The first kappa shape index (κ1) is 13.7. The Bertz CT molecular complexity index is 655. The van der Waals surface area contributed by atoms with Gasteiger partial charge in [-0.05, 0) is 24.3 Å². The number of rotatable bonds is 3. The van der Waals surface area contributed by atoms with Crippen LogP contribution in [0.3, 0.4) is 0 Å². The van der Waals surface area contributed by atoms with Gasteiger partial charge in [-0.2, -0.15) is 0 Å². The summed E-state index contributed by atoms with van der Waals surface area (Å²) in [5.74, 6) is -2.02. The molecule has 0 bridgehead atoms. The first-order valence-corrected chi connectivity index (χ1v) is 6.10. The predicted octanol–water partition coefficient (Wildman–Crippen LogP) is 4.07. The van der Waals surface area contributed by atoms with E-state index in [2.05, 4.69) is 4.98 Å². The third kappa shape index (κ3) is 3.18. The van der Waals surface area contributed by atoms with Crippen molar-refractivity contribution in [1.82, 2.24) is 4.98 Å². The number of halogens is 3. The lowest BCUT2D eigenvalue weighted by atomic mass is 10.3. The molecule has 2 aromatic rings. The normalized spacial score (nSPS) is 10.5. The van der Waals surface area contributed by atoms with E-state index in [9.17, 15) is 18.9 Å². The van der Waals surface area contributed by atoms with E-state index in [1.807, 2.05) is 0 Å². The Morgan fingerprint density at radius 2 is 1.95 bits per heavy atom.